The molecular formula is C22H18N4O2S2. The largest absolute Gasteiger partial charge is 0.330 e. The van der Waals surface area contributed by atoms with Crippen molar-refractivity contribution < 1.29 is 8.42 Å². The van der Waals surface area contributed by atoms with Gasteiger partial charge < -0.3 is 5.32 Å². The molecule has 8 heteroatoms. The first-order valence-electron chi connectivity index (χ1n) is 9.06. The lowest BCUT2D eigenvalue weighted by Crippen LogP contribution is -2.08. The maximum absolute atomic E-state index is 12.3. The van der Waals surface area contributed by atoms with Gasteiger partial charge >= 0.3 is 0 Å². The van der Waals surface area contributed by atoms with Crippen LogP contribution in [0, 0.1) is 0 Å². The third-order valence-electron chi connectivity index (χ3n) is 4.10. The van der Waals surface area contributed by atoms with E-state index in [4.69, 9.17) is 0 Å². The minimum atomic E-state index is -3.60. The maximum atomic E-state index is 12.3. The molecule has 2 heterocycles. The number of nitrogens with one attached hydrogen (secondary N) is 2. The first kappa shape index (κ1) is 19.8. The molecule has 0 radical (unpaired) electrons. The first-order valence-corrected chi connectivity index (χ1v) is 11.5. The van der Waals surface area contributed by atoms with Crippen LogP contribution in [0.15, 0.2) is 89.9 Å². The Bertz CT molecular complexity index is 1240. The van der Waals surface area contributed by atoms with E-state index < -0.39 is 10.0 Å². The highest BCUT2D eigenvalue weighted by Gasteiger charge is 2.08. The molecule has 0 aliphatic rings. The molecule has 0 saturated heterocycles. The van der Waals surface area contributed by atoms with E-state index in [1.165, 1.54) is 11.3 Å². The van der Waals surface area contributed by atoms with Gasteiger partial charge in [-0.3, -0.25) is 9.71 Å². The SMILES string of the molecule is O=S(=O)(/C=C/c1ccccc1)Nc1ccc(-c2csc(Nc3cccnc3)n2)cc1. The van der Waals surface area contributed by atoms with Gasteiger partial charge in [0, 0.05) is 22.8 Å². The molecule has 0 aliphatic carbocycles. The number of sulfonamides is 1. The van der Waals surface area contributed by atoms with Gasteiger partial charge in [0.05, 0.1) is 23.0 Å². The van der Waals surface area contributed by atoms with Gasteiger partial charge in [-0.05, 0) is 35.9 Å². The number of benzene rings is 2. The molecule has 2 aromatic carbocycles. The summed E-state index contributed by atoms with van der Waals surface area (Å²) in [7, 11) is -3.60. The fraction of sp³-hybridized carbons (Fsp3) is 0. The molecule has 2 aromatic heterocycles. The minimum Gasteiger partial charge on any atom is -0.330 e. The Morgan fingerprint density at radius 3 is 2.43 bits per heavy atom. The molecule has 30 heavy (non-hydrogen) atoms. The van der Waals surface area contributed by atoms with Crippen LogP contribution in [0.25, 0.3) is 17.3 Å². The van der Waals surface area contributed by atoms with E-state index >= 15 is 0 Å². The molecule has 4 rings (SSSR count). The lowest BCUT2D eigenvalue weighted by molar-refractivity contribution is 0.609. The number of rotatable bonds is 7. The van der Waals surface area contributed by atoms with Crippen LogP contribution in [0.1, 0.15) is 5.56 Å². The van der Waals surface area contributed by atoms with Gasteiger partial charge in [0.2, 0.25) is 0 Å². The fourth-order valence-corrected chi connectivity index (χ4v) is 4.27. The minimum absolute atomic E-state index is 0.486. The number of thiazole rings is 1. The van der Waals surface area contributed by atoms with Crippen molar-refractivity contribution in [2.75, 3.05) is 10.0 Å². The van der Waals surface area contributed by atoms with Crippen LogP contribution in [0.2, 0.25) is 0 Å². The Morgan fingerprint density at radius 2 is 1.70 bits per heavy atom. The summed E-state index contributed by atoms with van der Waals surface area (Å²) in [6, 6.07) is 20.1. The molecule has 0 unspecified atom stereocenters. The van der Waals surface area contributed by atoms with E-state index in [1.807, 2.05) is 60.0 Å². The van der Waals surface area contributed by atoms with Crippen molar-refractivity contribution in [2.45, 2.75) is 0 Å². The predicted octanol–water partition coefficient (Wildman–Crippen LogP) is 5.36. The molecule has 2 N–H and O–H groups in total. The standard InChI is InChI=1S/C22H18N4O2S2/c27-30(28,14-12-17-5-2-1-3-6-17)26-19-10-8-18(9-11-19)21-16-29-22(25-21)24-20-7-4-13-23-15-20/h1-16,26H,(H,24,25)/b14-12+. The summed E-state index contributed by atoms with van der Waals surface area (Å²) in [5.41, 5.74) is 3.88. The second-order valence-electron chi connectivity index (χ2n) is 6.34. The van der Waals surface area contributed by atoms with E-state index in [0.717, 1.165) is 33.0 Å². The first-order chi connectivity index (χ1) is 14.6. The van der Waals surface area contributed by atoms with Gasteiger partial charge in [0.15, 0.2) is 5.13 Å². The van der Waals surface area contributed by atoms with Crippen molar-refractivity contribution in [3.05, 3.63) is 95.5 Å². The average molecular weight is 435 g/mol. The molecule has 6 nitrogen and oxygen atoms in total. The van der Waals surface area contributed by atoms with Gasteiger partial charge in [-0.1, -0.05) is 42.5 Å². The Balaban J connectivity index is 1.42. The van der Waals surface area contributed by atoms with E-state index in [2.05, 4.69) is 20.0 Å². The van der Waals surface area contributed by atoms with Gasteiger partial charge in [-0.15, -0.1) is 11.3 Å². The smallest absolute Gasteiger partial charge is 0.255 e. The average Bonchev–Trinajstić information content (AvgIpc) is 3.23. The summed E-state index contributed by atoms with van der Waals surface area (Å²) in [6.07, 6.45) is 5.00. The van der Waals surface area contributed by atoms with Crippen molar-refractivity contribution in [2.24, 2.45) is 0 Å². The molecule has 150 valence electrons. The lowest BCUT2D eigenvalue weighted by atomic mass is 10.1. The summed E-state index contributed by atoms with van der Waals surface area (Å²) in [5, 5.41) is 7.07. The van der Waals surface area contributed by atoms with Crippen molar-refractivity contribution in [3.63, 3.8) is 0 Å². The lowest BCUT2D eigenvalue weighted by Gasteiger charge is -2.05. The van der Waals surface area contributed by atoms with Crippen LogP contribution >= 0.6 is 11.3 Å². The van der Waals surface area contributed by atoms with E-state index in [1.54, 1.807) is 30.6 Å². The third-order valence-corrected chi connectivity index (χ3v) is 5.87. The summed E-state index contributed by atoms with van der Waals surface area (Å²) in [5.74, 6) is 0. The number of pyridine rings is 1. The van der Waals surface area contributed by atoms with Gasteiger partial charge in [0.25, 0.3) is 10.0 Å². The van der Waals surface area contributed by atoms with E-state index in [9.17, 15) is 8.42 Å². The number of hydrogen-bond donors (Lipinski definition) is 2. The molecule has 0 spiro atoms. The van der Waals surface area contributed by atoms with Crippen LogP contribution in [0.4, 0.5) is 16.5 Å². The van der Waals surface area contributed by atoms with Crippen molar-refractivity contribution in [1.29, 1.82) is 0 Å². The molecule has 0 amide bonds. The zero-order valence-electron chi connectivity index (χ0n) is 15.8. The highest BCUT2D eigenvalue weighted by molar-refractivity contribution is 7.95. The second-order valence-corrected chi connectivity index (χ2v) is 8.77. The Labute approximate surface area is 179 Å². The second kappa shape index (κ2) is 8.89. The Hall–Kier alpha value is -3.49. The molecular weight excluding hydrogens is 416 g/mol. The van der Waals surface area contributed by atoms with Crippen LogP contribution < -0.4 is 10.0 Å². The summed E-state index contributed by atoms with van der Waals surface area (Å²) in [6.45, 7) is 0. The van der Waals surface area contributed by atoms with Gasteiger partial charge in [0.1, 0.15) is 0 Å². The third kappa shape index (κ3) is 5.31. The normalized spacial score (nSPS) is 11.5. The zero-order chi connectivity index (χ0) is 20.8. The van der Waals surface area contributed by atoms with Crippen molar-refractivity contribution in [3.8, 4) is 11.3 Å². The maximum Gasteiger partial charge on any atom is 0.255 e. The zero-order valence-corrected chi connectivity index (χ0v) is 17.4. The van der Waals surface area contributed by atoms with Crippen LogP contribution in [-0.4, -0.2) is 18.4 Å². The highest BCUT2D eigenvalue weighted by atomic mass is 32.2. The van der Waals surface area contributed by atoms with Crippen molar-refractivity contribution >= 4 is 43.9 Å². The van der Waals surface area contributed by atoms with Crippen LogP contribution in [0.5, 0.6) is 0 Å². The molecule has 0 bridgehead atoms. The monoisotopic (exact) mass is 434 g/mol. The quantitative estimate of drug-likeness (QED) is 0.409. The van der Waals surface area contributed by atoms with Gasteiger partial charge in [-0.2, -0.15) is 0 Å². The van der Waals surface area contributed by atoms with E-state index in [0.29, 0.717) is 5.69 Å². The fourth-order valence-electron chi connectivity index (χ4n) is 2.66. The predicted molar refractivity (Wildman–Crippen MR) is 123 cm³/mol. The number of anilines is 3. The summed E-state index contributed by atoms with van der Waals surface area (Å²) < 4.78 is 27.1. The number of aromatic nitrogens is 2. The molecule has 0 saturated carbocycles. The van der Waals surface area contributed by atoms with Gasteiger partial charge in [-0.25, -0.2) is 13.4 Å². The highest BCUT2D eigenvalue weighted by Crippen LogP contribution is 2.28. The number of nitrogens with zero attached hydrogens (tertiary/aromatic N) is 2. The Morgan fingerprint density at radius 1 is 0.900 bits per heavy atom. The van der Waals surface area contributed by atoms with Crippen LogP contribution in [-0.2, 0) is 10.0 Å². The number of hydrogen-bond acceptors (Lipinski definition) is 6. The van der Waals surface area contributed by atoms with Crippen LogP contribution in [0.3, 0.4) is 0 Å². The Kier molecular flexibility index (Phi) is 5.87. The topological polar surface area (TPSA) is 84.0 Å². The molecule has 0 aliphatic heterocycles. The molecule has 4 aromatic rings. The van der Waals surface area contributed by atoms with Crippen molar-refractivity contribution in [1.82, 2.24) is 9.97 Å². The van der Waals surface area contributed by atoms with E-state index in [-0.39, 0.29) is 0 Å². The summed E-state index contributed by atoms with van der Waals surface area (Å²) >= 11 is 1.49. The summed E-state index contributed by atoms with van der Waals surface area (Å²) in [4.78, 5) is 8.64. The molecule has 0 fully saturated rings. The molecule has 0 atom stereocenters.